The van der Waals surface area contributed by atoms with Crippen molar-refractivity contribution in [1.82, 2.24) is 4.57 Å². The van der Waals surface area contributed by atoms with E-state index < -0.39 is 0 Å². The first-order valence-corrected chi connectivity index (χ1v) is 9.22. The van der Waals surface area contributed by atoms with Gasteiger partial charge in [0.1, 0.15) is 13.2 Å². The van der Waals surface area contributed by atoms with Crippen LogP contribution >= 0.6 is 22.9 Å². The fourth-order valence-electron chi connectivity index (χ4n) is 2.67. The van der Waals surface area contributed by atoms with Crippen LogP contribution in [0.25, 0.3) is 16.3 Å². The van der Waals surface area contributed by atoms with Gasteiger partial charge in [0, 0.05) is 30.3 Å². The molecule has 0 spiro atoms. The van der Waals surface area contributed by atoms with Crippen molar-refractivity contribution in [3.05, 3.63) is 57.9 Å². The lowest BCUT2D eigenvalue weighted by Gasteiger charge is -2.18. The zero-order valence-electron chi connectivity index (χ0n) is 13.9. The summed E-state index contributed by atoms with van der Waals surface area (Å²) in [6.07, 6.45) is 3.09. The number of benzene rings is 2. The van der Waals surface area contributed by atoms with Crippen molar-refractivity contribution >= 4 is 45.1 Å². The maximum absolute atomic E-state index is 12.2. The van der Waals surface area contributed by atoms with E-state index in [0.29, 0.717) is 28.8 Å². The Morgan fingerprint density at radius 1 is 1.23 bits per heavy atom. The molecule has 0 saturated carbocycles. The lowest BCUT2D eigenvalue weighted by Crippen LogP contribution is -2.15. The number of hydrogen-bond donors (Lipinski definition) is 0. The molecule has 1 aliphatic heterocycles. The summed E-state index contributed by atoms with van der Waals surface area (Å²) in [4.78, 5) is 17.0. The van der Waals surface area contributed by atoms with E-state index in [1.807, 2.05) is 41.9 Å². The molecule has 0 unspecified atom stereocenters. The van der Waals surface area contributed by atoms with E-state index in [9.17, 15) is 4.79 Å². The van der Waals surface area contributed by atoms with Gasteiger partial charge in [-0.1, -0.05) is 41.1 Å². The second-order valence-electron chi connectivity index (χ2n) is 5.71. The van der Waals surface area contributed by atoms with Crippen molar-refractivity contribution < 1.29 is 14.3 Å². The van der Waals surface area contributed by atoms with Crippen LogP contribution in [0.4, 0.5) is 0 Å². The fraction of sp³-hybridized carbons (Fsp3) is 0.158. The number of amides is 1. The van der Waals surface area contributed by atoms with Gasteiger partial charge in [0.05, 0.1) is 10.2 Å². The summed E-state index contributed by atoms with van der Waals surface area (Å²) in [5, 5.41) is 0.592. The molecule has 0 fully saturated rings. The Kier molecular flexibility index (Phi) is 4.53. The summed E-state index contributed by atoms with van der Waals surface area (Å²) in [7, 11) is 1.87. The summed E-state index contributed by atoms with van der Waals surface area (Å²) in [5.74, 6) is 1.10. The monoisotopic (exact) mass is 386 g/mol. The highest BCUT2D eigenvalue weighted by molar-refractivity contribution is 7.16. The standard InChI is InChI=1S/C19H15ClN2O3S/c1-22-14-10-15-16(25-9-8-24-15)11-17(14)26-19(22)21-18(23)7-6-12-4-2-3-5-13(12)20/h2-7,10-11H,8-9H2,1H3. The summed E-state index contributed by atoms with van der Waals surface area (Å²) in [5.41, 5.74) is 1.72. The summed E-state index contributed by atoms with van der Waals surface area (Å²) >= 11 is 7.52. The van der Waals surface area contributed by atoms with Gasteiger partial charge in [-0.05, 0) is 17.7 Å². The molecule has 1 aliphatic rings. The van der Waals surface area contributed by atoms with Crippen LogP contribution in [-0.4, -0.2) is 23.7 Å². The number of fused-ring (bicyclic) bond motifs is 2. The van der Waals surface area contributed by atoms with Gasteiger partial charge < -0.3 is 14.0 Å². The molecule has 0 aliphatic carbocycles. The van der Waals surface area contributed by atoms with Gasteiger partial charge in [-0.2, -0.15) is 4.99 Å². The van der Waals surface area contributed by atoms with E-state index in [1.165, 1.54) is 17.4 Å². The zero-order chi connectivity index (χ0) is 18.1. The molecule has 4 rings (SSSR count). The van der Waals surface area contributed by atoms with Crippen LogP contribution in [0.3, 0.4) is 0 Å². The molecule has 5 nitrogen and oxygen atoms in total. The molecule has 0 saturated heterocycles. The average Bonchev–Trinajstić information content (AvgIpc) is 2.94. The minimum Gasteiger partial charge on any atom is -0.486 e. The van der Waals surface area contributed by atoms with Gasteiger partial charge in [-0.3, -0.25) is 4.79 Å². The Balaban J connectivity index is 1.68. The molecular formula is C19H15ClN2O3S. The van der Waals surface area contributed by atoms with E-state index in [-0.39, 0.29) is 5.91 Å². The van der Waals surface area contributed by atoms with Gasteiger partial charge in [0.15, 0.2) is 16.3 Å². The molecule has 2 heterocycles. The third-order valence-corrected chi connectivity index (χ3v) is 5.43. The Hall–Kier alpha value is -2.57. The second-order valence-corrected chi connectivity index (χ2v) is 7.13. The zero-order valence-corrected chi connectivity index (χ0v) is 15.5. The largest absolute Gasteiger partial charge is 0.486 e. The van der Waals surface area contributed by atoms with Crippen LogP contribution in [-0.2, 0) is 11.8 Å². The van der Waals surface area contributed by atoms with Crippen LogP contribution < -0.4 is 14.3 Å². The summed E-state index contributed by atoms with van der Waals surface area (Å²) in [6, 6.07) is 11.2. The number of thiazole rings is 1. The van der Waals surface area contributed by atoms with Crippen molar-refractivity contribution in [3.63, 3.8) is 0 Å². The van der Waals surface area contributed by atoms with E-state index in [4.69, 9.17) is 21.1 Å². The van der Waals surface area contributed by atoms with E-state index in [1.54, 1.807) is 12.1 Å². The van der Waals surface area contributed by atoms with Crippen LogP contribution in [0.1, 0.15) is 5.56 Å². The van der Waals surface area contributed by atoms with Crippen molar-refractivity contribution in [2.75, 3.05) is 13.2 Å². The molecule has 132 valence electrons. The summed E-state index contributed by atoms with van der Waals surface area (Å²) < 4.78 is 14.1. The van der Waals surface area contributed by atoms with Crippen LogP contribution in [0, 0.1) is 0 Å². The van der Waals surface area contributed by atoms with Gasteiger partial charge >= 0.3 is 0 Å². The van der Waals surface area contributed by atoms with Gasteiger partial charge in [-0.25, -0.2) is 0 Å². The summed E-state index contributed by atoms with van der Waals surface area (Å²) in [6.45, 7) is 1.08. The smallest absolute Gasteiger partial charge is 0.272 e. The molecule has 3 aromatic rings. The number of carbonyl (C=O) groups excluding carboxylic acids is 1. The number of ether oxygens (including phenoxy) is 2. The number of nitrogens with zero attached hydrogens (tertiary/aromatic N) is 2. The van der Waals surface area contributed by atoms with Crippen molar-refractivity contribution in [2.45, 2.75) is 0 Å². The predicted molar refractivity (Wildman–Crippen MR) is 103 cm³/mol. The Morgan fingerprint density at radius 2 is 1.96 bits per heavy atom. The average molecular weight is 387 g/mol. The fourth-order valence-corrected chi connectivity index (χ4v) is 3.91. The predicted octanol–water partition coefficient (Wildman–Crippen LogP) is 3.81. The number of hydrogen-bond acceptors (Lipinski definition) is 4. The Labute approximate surface area is 158 Å². The molecule has 1 amide bonds. The highest BCUT2D eigenvalue weighted by Crippen LogP contribution is 2.35. The SMILES string of the molecule is Cn1c(=NC(=O)C=Cc2ccccc2Cl)sc2cc3c(cc21)OCCO3. The van der Waals surface area contributed by atoms with Crippen LogP contribution in [0.2, 0.25) is 5.02 Å². The number of halogens is 1. The quantitative estimate of drug-likeness (QED) is 0.629. The van der Waals surface area contributed by atoms with Crippen molar-refractivity contribution in [3.8, 4) is 11.5 Å². The first kappa shape index (κ1) is 16.9. The Morgan fingerprint density at radius 3 is 2.73 bits per heavy atom. The molecule has 0 radical (unpaired) electrons. The van der Waals surface area contributed by atoms with E-state index >= 15 is 0 Å². The van der Waals surface area contributed by atoms with Gasteiger partial charge in [-0.15, -0.1) is 0 Å². The first-order valence-electron chi connectivity index (χ1n) is 8.02. The molecule has 7 heteroatoms. The maximum atomic E-state index is 12.2. The van der Waals surface area contributed by atoms with Gasteiger partial charge in [0.2, 0.25) is 0 Å². The highest BCUT2D eigenvalue weighted by Gasteiger charge is 2.15. The Bertz CT molecular complexity index is 1100. The van der Waals surface area contributed by atoms with E-state index in [0.717, 1.165) is 21.5 Å². The van der Waals surface area contributed by atoms with Crippen LogP contribution in [0.15, 0.2) is 47.5 Å². The minimum atomic E-state index is -0.343. The number of carbonyl (C=O) groups is 1. The highest BCUT2D eigenvalue weighted by atomic mass is 35.5. The molecule has 0 bridgehead atoms. The number of aryl methyl sites for hydroxylation is 1. The molecular weight excluding hydrogens is 372 g/mol. The van der Waals surface area contributed by atoms with Crippen LogP contribution in [0.5, 0.6) is 11.5 Å². The second kappa shape index (κ2) is 6.97. The minimum absolute atomic E-state index is 0.343. The number of rotatable bonds is 2. The third kappa shape index (κ3) is 3.25. The van der Waals surface area contributed by atoms with Crippen molar-refractivity contribution in [1.29, 1.82) is 0 Å². The molecule has 0 N–H and O–H groups in total. The molecule has 0 atom stereocenters. The lowest BCUT2D eigenvalue weighted by atomic mass is 10.2. The van der Waals surface area contributed by atoms with Gasteiger partial charge in [0.25, 0.3) is 5.91 Å². The first-order chi connectivity index (χ1) is 12.6. The van der Waals surface area contributed by atoms with Crippen molar-refractivity contribution in [2.24, 2.45) is 12.0 Å². The van der Waals surface area contributed by atoms with E-state index in [2.05, 4.69) is 4.99 Å². The molecule has 1 aromatic heterocycles. The third-order valence-electron chi connectivity index (χ3n) is 3.99. The number of aromatic nitrogens is 1. The lowest BCUT2D eigenvalue weighted by molar-refractivity contribution is -0.113. The molecule has 2 aromatic carbocycles. The maximum Gasteiger partial charge on any atom is 0.272 e. The topological polar surface area (TPSA) is 52.8 Å². The normalized spacial score (nSPS) is 14.3. The molecule has 26 heavy (non-hydrogen) atoms.